The highest BCUT2D eigenvalue weighted by Gasteiger charge is 2.17. The Morgan fingerprint density at radius 2 is 1.63 bits per heavy atom. The number of hydrogen-bond acceptors (Lipinski definition) is 3. The predicted molar refractivity (Wildman–Crippen MR) is 126 cm³/mol. The Bertz CT molecular complexity index is 1150. The van der Waals surface area contributed by atoms with E-state index in [0.717, 1.165) is 48.6 Å². The molecular formula is C26H30N2O2. The van der Waals surface area contributed by atoms with Gasteiger partial charge in [0.2, 0.25) is 0 Å². The molecule has 0 aliphatic rings. The van der Waals surface area contributed by atoms with E-state index >= 15 is 0 Å². The van der Waals surface area contributed by atoms with Crippen LogP contribution >= 0.6 is 0 Å². The largest absolute Gasteiger partial charge is 0.490 e. The molecule has 0 fully saturated rings. The molecule has 3 aromatic carbocycles. The number of aryl methyl sites for hydroxylation is 1. The zero-order chi connectivity index (χ0) is 20.9. The maximum absolute atomic E-state index is 5.88. The second-order valence-corrected chi connectivity index (χ2v) is 7.46. The molecule has 0 atom stereocenters. The molecule has 1 heterocycles. The van der Waals surface area contributed by atoms with Gasteiger partial charge in [-0.05, 0) is 68.8 Å². The number of aromatic nitrogens is 1. The number of H-pyrrole nitrogens is 1. The van der Waals surface area contributed by atoms with Gasteiger partial charge in [0.25, 0.3) is 0 Å². The zero-order valence-electron chi connectivity index (χ0n) is 17.8. The Hall–Kier alpha value is -2.98. The van der Waals surface area contributed by atoms with Gasteiger partial charge in [0.15, 0.2) is 11.5 Å². The lowest BCUT2D eigenvalue weighted by Crippen LogP contribution is -2.00. The van der Waals surface area contributed by atoms with Crippen LogP contribution in [-0.2, 0) is 6.42 Å². The SMILES string of the molecule is CCOc1ccc(-c2[nH]c3c(ccc4ccccc43)c2CCCCN)cc1OCC. The topological polar surface area (TPSA) is 60.3 Å². The first-order valence-electron chi connectivity index (χ1n) is 10.9. The zero-order valence-corrected chi connectivity index (χ0v) is 17.8. The summed E-state index contributed by atoms with van der Waals surface area (Å²) in [7, 11) is 0. The van der Waals surface area contributed by atoms with Crippen LogP contribution in [0, 0.1) is 0 Å². The average molecular weight is 403 g/mol. The normalized spacial score (nSPS) is 11.3. The lowest BCUT2D eigenvalue weighted by molar-refractivity contribution is 0.288. The molecule has 0 aliphatic heterocycles. The van der Waals surface area contributed by atoms with E-state index < -0.39 is 0 Å². The molecule has 0 spiro atoms. The second-order valence-electron chi connectivity index (χ2n) is 7.46. The number of nitrogens with one attached hydrogen (secondary N) is 1. The summed E-state index contributed by atoms with van der Waals surface area (Å²) in [6, 6.07) is 19.2. The van der Waals surface area contributed by atoms with Crippen LogP contribution in [0.3, 0.4) is 0 Å². The quantitative estimate of drug-likeness (QED) is 0.334. The van der Waals surface area contributed by atoms with Crippen LogP contribution in [0.15, 0.2) is 54.6 Å². The summed E-state index contributed by atoms with van der Waals surface area (Å²) in [5.41, 5.74) is 10.6. The Labute approximate surface area is 178 Å². The van der Waals surface area contributed by atoms with Crippen molar-refractivity contribution in [2.45, 2.75) is 33.1 Å². The molecule has 0 aliphatic carbocycles. The Kier molecular flexibility index (Phi) is 6.24. The number of fused-ring (bicyclic) bond motifs is 3. The van der Waals surface area contributed by atoms with Gasteiger partial charge >= 0.3 is 0 Å². The summed E-state index contributed by atoms with van der Waals surface area (Å²) in [6.07, 6.45) is 3.08. The van der Waals surface area contributed by atoms with Crippen LogP contribution < -0.4 is 15.2 Å². The highest BCUT2D eigenvalue weighted by Crippen LogP contribution is 2.38. The lowest BCUT2D eigenvalue weighted by Gasteiger charge is -2.13. The Morgan fingerprint density at radius 1 is 0.833 bits per heavy atom. The Balaban J connectivity index is 1.89. The van der Waals surface area contributed by atoms with Gasteiger partial charge in [-0.2, -0.15) is 0 Å². The highest BCUT2D eigenvalue weighted by atomic mass is 16.5. The molecular weight excluding hydrogens is 372 g/mol. The number of rotatable bonds is 9. The van der Waals surface area contributed by atoms with E-state index in [1.807, 2.05) is 19.9 Å². The first kappa shape index (κ1) is 20.3. The van der Waals surface area contributed by atoms with Gasteiger partial charge in [-0.15, -0.1) is 0 Å². The molecule has 0 radical (unpaired) electrons. The summed E-state index contributed by atoms with van der Waals surface area (Å²) < 4.78 is 11.6. The lowest BCUT2D eigenvalue weighted by atomic mass is 9.98. The van der Waals surface area contributed by atoms with Gasteiger partial charge < -0.3 is 20.2 Å². The number of aromatic amines is 1. The molecule has 30 heavy (non-hydrogen) atoms. The van der Waals surface area contributed by atoms with Crippen LogP contribution in [0.1, 0.15) is 32.3 Å². The van der Waals surface area contributed by atoms with E-state index in [0.29, 0.717) is 13.2 Å². The molecule has 0 bridgehead atoms. The number of unbranched alkanes of at least 4 members (excludes halogenated alkanes) is 1. The maximum atomic E-state index is 5.88. The van der Waals surface area contributed by atoms with E-state index in [2.05, 4.69) is 53.5 Å². The molecule has 4 heteroatoms. The predicted octanol–water partition coefficient (Wildman–Crippen LogP) is 6.07. The van der Waals surface area contributed by atoms with Gasteiger partial charge in [-0.3, -0.25) is 0 Å². The minimum Gasteiger partial charge on any atom is -0.490 e. The van der Waals surface area contributed by atoms with Crippen LogP contribution in [0.25, 0.3) is 32.9 Å². The summed E-state index contributed by atoms with van der Waals surface area (Å²) in [5.74, 6) is 1.57. The van der Waals surface area contributed by atoms with Crippen molar-refractivity contribution in [1.82, 2.24) is 4.98 Å². The van der Waals surface area contributed by atoms with Gasteiger partial charge in [0, 0.05) is 22.0 Å². The van der Waals surface area contributed by atoms with Crippen molar-refractivity contribution in [1.29, 1.82) is 0 Å². The van der Waals surface area contributed by atoms with Crippen molar-refractivity contribution in [3.05, 3.63) is 60.2 Å². The minimum atomic E-state index is 0.601. The average Bonchev–Trinajstić information content (AvgIpc) is 3.14. The summed E-state index contributed by atoms with van der Waals surface area (Å²) >= 11 is 0. The first-order valence-corrected chi connectivity index (χ1v) is 10.9. The summed E-state index contributed by atoms with van der Waals surface area (Å²) in [4.78, 5) is 3.74. The third kappa shape index (κ3) is 3.88. The van der Waals surface area contributed by atoms with E-state index in [1.54, 1.807) is 0 Å². The molecule has 0 amide bonds. The van der Waals surface area contributed by atoms with Crippen LogP contribution in [0.4, 0.5) is 0 Å². The fraction of sp³-hybridized carbons (Fsp3) is 0.308. The van der Waals surface area contributed by atoms with Crippen molar-refractivity contribution in [3.63, 3.8) is 0 Å². The van der Waals surface area contributed by atoms with Gasteiger partial charge in [-0.1, -0.05) is 36.4 Å². The number of hydrogen-bond donors (Lipinski definition) is 2. The molecule has 0 saturated heterocycles. The third-order valence-corrected chi connectivity index (χ3v) is 5.52. The molecule has 0 unspecified atom stereocenters. The van der Waals surface area contributed by atoms with Crippen molar-refractivity contribution in [2.75, 3.05) is 19.8 Å². The standard InChI is InChI=1S/C26H30N2O2/c1-3-29-23-15-13-19(17-24(23)30-4-2)25-21(11-7-8-16-27)22-14-12-18-9-5-6-10-20(18)26(22)28-25/h5-6,9-10,12-15,17,28H,3-4,7-8,11,16,27H2,1-2H3. The number of nitrogens with two attached hydrogens (primary N) is 1. The van der Waals surface area contributed by atoms with E-state index in [4.69, 9.17) is 15.2 Å². The van der Waals surface area contributed by atoms with Gasteiger partial charge in [-0.25, -0.2) is 0 Å². The minimum absolute atomic E-state index is 0.601. The monoisotopic (exact) mass is 402 g/mol. The van der Waals surface area contributed by atoms with Crippen LogP contribution in [-0.4, -0.2) is 24.7 Å². The summed E-state index contributed by atoms with van der Waals surface area (Å²) in [5, 5.41) is 3.78. The van der Waals surface area contributed by atoms with Crippen LogP contribution in [0.2, 0.25) is 0 Å². The Morgan fingerprint density at radius 3 is 2.43 bits per heavy atom. The van der Waals surface area contributed by atoms with Crippen molar-refractivity contribution >= 4 is 21.7 Å². The second kappa shape index (κ2) is 9.23. The molecule has 0 saturated carbocycles. The van der Waals surface area contributed by atoms with Gasteiger partial charge in [0.05, 0.1) is 18.7 Å². The number of ether oxygens (including phenoxy) is 2. The van der Waals surface area contributed by atoms with E-state index in [1.165, 1.54) is 27.2 Å². The first-order chi connectivity index (χ1) is 14.8. The maximum Gasteiger partial charge on any atom is 0.161 e. The third-order valence-electron chi connectivity index (χ3n) is 5.52. The molecule has 4 aromatic rings. The van der Waals surface area contributed by atoms with Crippen LogP contribution in [0.5, 0.6) is 11.5 Å². The van der Waals surface area contributed by atoms with E-state index in [9.17, 15) is 0 Å². The highest BCUT2D eigenvalue weighted by molar-refractivity contribution is 6.08. The fourth-order valence-electron chi connectivity index (χ4n) is 4.15. The molecule has 156 valence electrons. The van der Waals surface area contributed by atoms with Gasteiger partial charge in [0.1, 0.15) is 0 Å². The van der Waals surface area contributed by atoms with E-state index in [-0.39, 0.29) is 0 Å². The van der Waals surface area contributed by atoms with Crippen molar-refractivity contribution in [3.8, 4) is 22.8 Å². The summed E-state index contributed by atoms with van der Waals surface area (Å²) in [6.45, 7) is 5.92. The number of benzene rings is 3. The molecule has 3 N–H and O–H groups in total. The fourth-order valence-corrected chi connectivity index (χ4v) is 4.15. The smallest absolute Gasteiger partial charge is 0.161 e. The van der Waals surface area contributed by atoms with Crippen molar-refractivity contribution in [2.24, 2.45) is 5.73 Å². The molecule has 1 aromatic heterocycles. The molecule has 4 nitrogen and oxygen atoms in total. The van der Waals surface area contributed by atoms with Crippen molar-refractivity contribution < 1.29 is 9.47 Å². The molecule has 4 rings (SSSR count).